The van der Waals surface area contributed by atoms with E-state index in [9.17, 15) is 0 Å². The molecule has 0 spiro atoms. The molecule has 2 rings (SSSR count). The van der Waals surface area contributed by atoms with Crippen LogP contribution in [0.4, 0.5) is 0 Å². The van der Waals surface area contributed by atoms with E-state index >= 15 is 0 Å². The molecule has 2 aromatic carbocycles. The summed E-state index contributed by atoms with van der Waals surface area (Å²) in [5.41, 5.74) is 0. The fraction of sp³-hybridized carbons (Fsp3) is 0.250. The van der Waals surface area contributed by atoms with E-state index in [1.807, 2.05) is 31.2 Å². The number of aromatic hydroxyl groups is 1. The topological polar surface area (TPSA) is 47.9 Å². The fourth-order valence-corrected chi connectivity index (χ4v) is 1.66. The van der Waals surface area contributed by atoms with E-state index in [0.717, 1.165) is 11.5 Å². The minimum Gasteiger partial charge on any atom is -0.508 e. The van der Waals surface area contributed by atoms with E-state index < -0.39 is 0 Å². The van der Waals surface area contributed by atoms with Crippen molar-refractivity contribution in [2.24, 2.45) is 0 Å². The van der Waals surface area contributed by atoms with Crippen molar-refractivity contribution in [1.29, 1.82) is 0 Å². The second kappa shape index (κ2) is 7.28. The summed E-state index contributed by atoms with van der Waals surface area (Å²) in [6.07, 6.45) is 0. The van der Waals surface area contributed by atoms with Gasteiger partial charge in [-0.3, -0.25) is 0 Å². The molecule has 0 heterocycles. The Morgan fingerprint density at radius 1 is 0.700 bits per heavy atom. The van der Waals surface area contributed by atoms with Crippen LogP contribution >= 0.6 is 0 Å². The lowest BCUT2D eigenvalue weighted by Crippen LogP contribution is -2.08. The molecule has 106 valence electrons. The minimum absolute atomic E-state index is 0.225. The monoisotopic (exact) mass is 274 g/mol. The molecule has 1 N–H and O–H groups in total. The molecule has 2 aromatic rings. The zero-order valence-corrected chi connectivity index (χ0v) is 11.4. The highest BCUT2D eigenvalue weighted by Crippen LogP contribution is 2.18. The van der Waals surface area contributed by atoms with Crippen LogP contribution in [0.25, 0.3) is 0 Å². The zero-order chi connectivity index (χ0) is 14.2. The van der Waals surface area contributed by atoms with E-state index in [1.54, 1.807) is 24.3 Å². The quantitative estimate of drug-likeness (QED) is 0.787. The van der Waals surface area contributed by atoms with Gasteiger partial charge in [0.2, 0.25) is 0 Å². The van der Waals surface area contributed by atoms with Crippen molar-refractivity contribution in [3.8, 4) is 23.0 Å². The molecule has 0 saturated heterocycles. The van der Waals surface area contributed by atoms with Crippen LogP contribution in [0.3, 0.4) is 0 Å². The molecule has 0 radical (unpaired) electrons. The van der Waals surface area contributed by atoms with Gasteiger partial charge in [-0.05, 0) is 55.5 Å². The molecule has 0 fully saturated rings. The molecule has 20 heavy (non-hydrogen) atoms. The van der Waals surface area contributed by atoms with Gasteiger partial charge in [0.1, 0.15) is 36.2 Å². The average Bonchev–Trinajstić information content (AvgIpc) is 2.47. The number of ether oxygens (including phenoxy) is 3. The zero-order valence-electron chi connectivity index (χ0n) is 11.4. The number of rotatable bonds is 7. The molecule has 0 aliphatic carbocycles. The van der Waals surface area contributed by atoms with Gasteiger partial charge < -0.3 is 19.3 Å². The SMILES string of the molecule is CCOc1ccc(OCCOc2ccc(O)cc2)cc1. The average molecular weight is 274 g/mol. The third-order valence-corrected chi connectivity index (χ3v) is 2.59. The van der Waals surface area contributed by atoms with Gasteiger partial charge in [0.25, 0.3) is 0 Å². The predicted molar refractivity (Wildman–Crippen MR) is 76.7 cm³/mol. The molecule has 0 unspecified atom stereocenters. The molecule has 0 aliphatic rings. The number of phenols is 1. The molecule has 0 amide bonds. The maximum atomic E-state index is 9.15. The third kappa shape index (κ3) is 4.39. The second-order valence-corrected chi connectivity index (χ2v) is 4.10. The van der Waals surface area contributed by atoms with Crippen LogP contribution in [0, 0.1) is 0 Å². The van der Waals surface area contributed by atoms with Crippen molar-refractivity contribution in [3.05, 3.63) is 48.5 Å². The van der Waals surface area contributed by atoms with E-state index in [0.29, 0.717) is 25.6 Å². The summed E-state index contributed by atoms with van der Waals surface area (Å²) in [6, 6.07) is 14.1. The van der Waals surface area contributed by atoms with Crippen LogP contribution in [0.15, 0.2) is 48.5 Å². The summed E-state index contributed by atoms with van der Waals surface area (Å²) in [5.74, 6) is 2.55. The van der Waals surface area contributed by atoms with E-state index in [4.69, 9.17) is 19.3 Å². The van der Waals surface area contributed by atoms with Crippen molar-refractivity contribution in [2.75, 3.05) is 19.8 Å². The molecular formula is C16H18O4. The Morgan fingerprint density at radius 3 is 1.55 bits per heavy atom. The summed E-state index contributed by atoms with van der Waals surface area (Å²) in [6.45, 7) is 3.50. The van der Waals surface area contributed by atoms with Crippen molar-refractivity contribution in [2.45, 2.75) is 6.92 Å². The standard InChI is InChI=1S/C16H18O4/c1-2-18-14-7-9-16(10-8-14)20-12-11-19-15-5-3-13(17)4-6-15/h3-10,17H,2,11-12H2,1H3. The summed E-state index contributed by atoms with van der Waals surface area (Å²) >= 11 is 0. The van der Waals surface area contributed by atoms with Crippen LogP contribution in [0.5, 0.6) is 23.0 Å². The largest absolute Gasteiger partial charge is 0.508 e. The number of benzene rings is 2. The first-order chi connectivity index (χ1) is 9.78. The van der Waals surface area contributed by atoms with Crippen LogP contribution < -0.4 is 14.2 Å². The van der Waals surface area contributed by atoms with Gasteiger partial charge in [-0.2, -0.15) is 0 Å². The predicted octanol–water partition coefficient (Wildman–Crippen LogP) is 3.25. The summed E-state index contributed by atoms with van der Waals surface area (Å²) in [7, 11) is 0. The maximum absolute atomic E-state index is 9.15. The molecule has 4 heteroatoms. The lowest BCUT2D eigenvalue weighted by molar-refractivity contribution is 0.217. The van der Waals surface area contributed by atoms with E-state index in [1.165, 1.54) is 0 Å². The molecule has 0 aliphatic heterocycles. The Morgan fingerprint density at radius 2 is 1.10 bits per heavy atom. The highest BCUT2D eigenvalue weighted by molar-refractivity contribution is 5.31. The van der Waals surface area contributed by atoms with Crippen molar-refractivity contribution in [3.63, 3.8) is 0 Å². The molecule has 0 atom stereocenters. The lowest BCUT2D eigenvalue weighted by atomic mass is 10.3. The molecule has 0 bridgehead atoms. The van der Waals surface area contributed by atoms with Crippen LogP contribution in [0.2, 0.25) is 0 Å². The van der Waals surface area contributed by atoms with Crippen LogP contribution in [0.1, 0.15) is 6.92 Å². The van der Waals surface area contributed by atoms with E-state index in [-0.39, 0.29) is 5.75 Å². The van der Waals surface area contributed by atoms with Gasteiger partial charge >= 0.3 is 0 Å². The molecular weight excluding hydrogens is 256 g/mol. The summed E-state index contributed by atoms with van der Waals surface area (Å²) < 4.78 is 16.4. The smallest absolute Gasteiger partial charge is 0.122 e. The first-order valence-electron chi connectivity index (χ1n) is 6.55. The van der Waals surface area contributed by atoms with Crippen LogP contribution in [-0.4, -0.2) is 24.9 Å². The Bertz CT molecular complexity index is 505. The lowest BCUT2D eigenvalue weighted by Gasteiger charge is -2.09. The normalized spacial score (nSPS) is 10.1. The van der Waals surface area contributed by atoms with Crippen molar-refractivity contribution >= 4 is 0 Å². The highest BCUT2D eigenvalue weighted by Gasteiger charge is 1.97. The van der Waals surface area contributed by atoms with Gasteiger partial charge in [0, 0.05) is 0 Å². The number of hydrogen-bond donors (Lipinski definition) is 1. The molecule has 0 aromatic heterocycles. The number of hydrogen-bond acceptors (Lipinski definition) is 4. The maximum Gasteiger partial charge on any atom is 0.122 e. The molecule has 4 nitrogen and oxygen atoms in total. The minimum atomic E-state index is 0.225. The van der Waals surface area contributed by atoms with Gasteiger partial charge in [0.15, 0.2) is 0 Å². The summed E-state index contributed by atoms with van der Waals surface area (Å²) in [5, 5.41) is 9.15. The van der Waals surface area contributed by atoms with Gasteiger partial charge in [-0.1, -0.05) is 0 Å². The Labute approximate surface area is 118 Å². The first-order valence-corrected chi connectivity index (χ1v) is 6.55. The fourth-order valence-electron chi connectivity index (χ4n) is 1.66. The Balaban J connectivity index is 1.71. The summed E-state index contributed by atoms with van der Waals surface area (Å²) in [4.78, 5) is 0. The van der Waals surface area contributed by atoms with Crippen molar-refractivity contribution < 1.29 is 19.3 Å². The third-order valence-electron chi connectivity index (χ3n) is 2.59. The van der Waals surface area contributed by atoms with Crippen molar-refractivity contribution in [1.82, 2.24) is 0 Å². The van der Waals surface area contributed by atoms with Crippen LogP contribution in [-0.2, 0) is 0 Å². The highest BCUT2D eigenvalue weighted by atomic mass is 16.5. The molecule has 0 saturated carbocycles. The second-order valence-electron chi connectivity index (χ2n) is 4.10. The van der Waals surface area contributed by atoms with E-state index in [2.05, 4.69) is 0 Å². The first kappa shape index (κ1) is 14.1. The Hall–Kier alpha value is -2.36. The van der Waals surface area contributed by atoms with Gasteiger partial charge in [0.05, 0.1) is 6.61 Å². The number of phenolic OH excluding ortho intramolecular Hbond substituents is 1. The Kier molecular flexibility index (Phi) is 5.12. The van der Waals surface area contributed by atoms with Gasteiger partial charge in [-0.15, -0.1) is 0 Å². The van der Waals surface area contributed by atoms with Gasteiger partial charge in [-0.25, -0.2) is 0 Å².